The molecule has 3 radical (unpaired) electrons. The Morgan fingerprint density at radius 2 is 1.04 bits per heavy atom. The average Bonchev–Trinajstić information content (AvgIpc) is 2.62. The molecule has 2 nitrogen and oxygen atoms in total. The van der Waals surface area contributed by atoms with E-state index in [2.05, 4.69) is 0 Å². The quantitative estimate of drug-likeness (QED) is 0.706. The Labute approximate surface area is 144 Å². The summed E-state index contributed by atoms with van der Waals surface area (Å²) in [4.78, 5) is 0. The average molecular weight is 322 g/mol. The molecule has 0 aliphatic rings. The minimum absolute atomic E-state index is 0. The molecule has 2 aromatic rings. The van der Waals surface area contributed by atoms with Gasteiger partial charge in [0.25, 0.3) is 0 Å². The van der Waals surface area contributed by atoms with Gasteiger partial charge in [0.05, 0.1) is 7.11 Å². The first-order chi connectivity index (χ1) is 10.3. The highest BCUT2D eigenvalue weighted by atomic mass is 19.1. The smallest absolute Gasteiger partial charge is 0.123 e. The fraction of sp³-hybridized carbons (Fsp3) is 0.368. The van der Waals surface area contributed by atoms with Crippen LogP contribution in [0.4, 0.5) is 4.39 Å². The third-order valence-electron chi connectivity index (χ3n) is 1.71. The van der Waals surface area contributed by atoms with Crippen LogP contribution in [0.1, 0.15) is 35.1 Å². The van der Waals surface area contributed by atoms with Crippen LogP contribution >= 0.6 is 0 Å². The second kappa shape index (κ2) is 32.2. The van der Waals surface area contributed by atoms with E-state index in [1.165, 1.54) is 12.1 Å². The Hall–Kier alpha value is -1.81. The van der Waals surface area contributed by atoms with Crippen LogP contribution in [0.25, 0.3) is 0 Å². The van der Waals surface area contributed by atoms with E-state index in [0.717, 1.165) is 12.9 Å². The summed E-state index contributed by atoms with van der Waals surface area (Å²) in [5.41, 5.74) is 0. The molecule has 0 aliphatic carbocycles. The second-order valence-corrected chi connectivity index (χ2v) is 2.81. The molecule has 0 N–H and O–H groups in total. The molecule has 0 saturated carbocycles. The van der Waals surface area contributed by atoms with Gasteiger partial charge >= 0.3 is 0 Å². The van der Waals surface area contributed by atoms with Crippen LogP contribution in [-0.2, 0) is 0 Å². The molecule has 4 heteroatoms. The van der Waals surface area contributed by atoms with Crippen LogP contribution in [0.15, 0.2) is 60.7 Å². The largest absolute Gasteiger partial charge is 0.857 e. The molecule has 0 saturated heterocycles. The zero-order valence-corrected chi connectivity index (χ0v) is 14.5. The van der Waals surface area contributed by atoms with Crippen LogP contribution in [-0.4, -0.2) is 22.6 Å². The second-order valence-electron chi connectivity index (χ2n) is 2.81. The Kier molecular flexibility index (Phi) is 46.2. The van der Waals surface area contributed by atoms with E-state index in [0.29, 0.717) is 0 Å². The predicted molar refractivity (Wildman–Crippen MR) is 100 cm³/mol. The molecule has 0 heterocycles. The topological polar surface area (TPSA) is 32.3 Å². The summed E-state index contributed by atoms with van der Waals surface area (Å²) in [6.07, 6.45) is 0. The molecule has 0 aliphatic heterocycles. The lowest BCUT2D eigenvalue weighted by Crippen LogP contribution is -1.81. The molecule has 2 rings (SSSR count). The van der Waals surface area contributed by atoms with Gasteiger partial charge in [-0.25, -0.2) is 4.39 Å². The zero-order chi connectivity index (χ0) is 16.9. The normalized spacial score (nSPS) is 6.43. The van der Waals surface area contributed by atoms with Crippen LogP contribution < -0.4 is 9.84 Å². The highest BCUT2D eigenvalue weighted by molar-refractivity contribution is 5.75. The Bertz CT molecular complexity index is 370. The van der Waals surface area contributed by atoms with Gasteiger partial charge in [0, 0.05) is 8.41 Å². The van der Waals surface area contributed by atoms with Gasteiger partial charge in [-0.15, -0.1) is 0 Å². The number of hydrogen-bond acceptors (Lipinski definition) is 2. The minimum atomic E-state index is -0.178. The minimum Gasteiger partial charge on any atom is -0.857 e. The highest BCUT2D eigenvalue weighted by Crippen LogP contribution is 2.05. The molecule has 23 heavy (non-hydrogen) atoms. The maximum absolute atomic E-state index is 11.9. The molecule has 0 atom stereocenters. The van der Waals surface area contributed by atoms with E-state index in [9.17, 15) is 4.39 Å². The lowest BCUT2D eigenvalue weighted by Gasteiger charge is -1.93. The van der Waals surface area contributed by atoms with Crippen molar-refractivity contribution in [3.05, 3.63) is 66.5 Å². The van der Waals surface area contributed by atoms with Gasteiger partial charge in [0.2, 0.25) is 0 Å². The van der Waals surface area contributed by atoms with E-state index >= 15 is 0 Å². The molecular formula is C19H32BFO2-. The summed E-state index contributed by atoms with van der Waals surface area (Å²) < 4.78 is 16.8. The predicted octanol–water partition coefficient (Wildman–Crippen LogP) is 4.81. The van der Waals surface area contributed by atoms with Crippen molar-refractivity contribution in [3.8, 4) is 5.75 Å². The molecule has 2 aromatic carbocycles. The van der Waals surface area contributed by atoms with Crippen molar-refractivity contribution < 1.29 is 14.2 Å². The number of halogens is 1. The Morgan fingerprint density at radius 1 is 0.739 bits per heavy atom. The van der Waals surface area contributed by atoms with Crippen molar-refractivity contribution in [2.24, 2.45) is 0 Å². The molecule has 0 bridgehead atoms. The van der Waals surface area contributed by atoms with Gasteiger partial charge in [-0.3, -0.25) is 0 Å². The van der Waals surface area contributed by atoms with Gasteiger partial charge in [0.1, 0.15) is 11.6 Å². The number of para-hydroxylation sites is 1. The monoisotopic (exact) mass is 322 g/mol. The summed E-state index contributed by atoms with van der Waals surface area (Å²) in [7, 11) is 2.41. The fourth-order valence-corrected chi connectivity index (χ4v) is 0.971. The van der Waals surface area contributed by atoms with Crippen molar-refractivity contribution in [1.82, 2.24) is 0 Å². The van der Waals surface area contributed by atoms with Crippen LogP contribution in [0, 0.1) is 5.82 Å². The fourth-order valence-electron chi connectivity index (χ4n) is 0.971. The van der Waals surface area contributed by atoms with Gasteiger partial charge in [-0.05, 0) is 24.3 Å². The molecule has 131 valence electrons. The van der Waals surface area contributed by atoms with Crippen LogP contribution in [0.2, 0.25) is 0 Å². The summed E-state index contributed by atoms with van der Waals surface area (Å²) in [5, 5.41) is 8.25. The maximum Gasteiger partial charge on any atom is 0.123 e. The first-order valence-electron chi connectivity index (χ1n) is 7.03. The first-order valence-corrected chi connectivity index (χ1v) is 7.03. The van der Waals surface area contributed by atoms with E-state index in [-0.39, 0.29) is 21.7 Å². The van der Waals surface area contributed by atoms with E-state index in [1.807, 2.05) is 58.0 Å². The van der Waals surface area contributed by atoms with E-state index in [4.69, 9.17) is 9.84 Å². The van der Waals surface area contributed by atoms with Gasteiger partial charge in [-0.2, -0.15) is 7.11 Å². The molecule has 0 aromatic heterocycles. The summed E-state index contributed by atoms with van der Waals surface area (Å²) in [5.74, 6) is 0.731. The number of ether oxygens (including phenoxy) is 1. The lowest BCUT2D eigenvalue weighted by atomic mass is 10.3. The molecular weight excluding hydrogens is 290 g/mol. The van der Waals surface area contributed by atoms with Gasteiger partial charge in [0.15, 0.2) is 0 Å². The SMILES string of the molecule is C.CC.CC.COc1ccccc1.C[O-].Fc1ccccc1.[B]. The maximum atomic E-state index is 11.9. The molecule has 0 unspecified atom stereocenters. The van der Waals surface area contributed by atoms with Crippen LogP contribution in [0.3, 0.4) is 0 Å². The van der Waals surface area contributed by atoms with Crippen LogP contribution in [0.5, 0.6) is 5.75 Å². The zero-order valence-electron chi connectivity index (χ0n) is 14.5. The Balaban J connectivity index is -0.0000000668. The molecule has 0 spiro atoms. The number of rotatable bonds is 1. The van der Waals surface area contributed by atoms with E-state index in [1.54, 1.807) is 25.3 Å². The van der Waals surface area contributed by atoms with Gasteiger partial charge < -0.3 is 9.84 Å². The number of methoxy groups -OCH3 is 1. The molecule has 0 amide bonds. The van der Waals surface area contributed by atoms with Crippen molar-refractivity contribution in [2.45, 2.75) is 35.1 Å². The third-order valence-corrected chi connectivity index (χ3v) is 1.71. The Morgan fingerprint density at radius 3 is 1.22 bits per heavy atom. The van der Waals surface area contributed by atoms with Crippen molar-refractivity contribution >= 4 is 8.41 Å². The third kappa shape index (κ3) is 25.5. The summed E-state index contributed by atoms with van der Waals surface area (Å²) in [6, 6.07) is 17.6. The van der Waals surface area contributed by atoms with Crippen molar-refractivity contribution in [3.63, 3.8) is 0 Å². The summed E-state index contributed by atoms with van der Waals surface area (Å²) >= 11 is 0. The first kappa shape index (κ1) is 33.0. The molecule has 0 fully saturated rings. The standard InChI is InChI=1S/C7H8O.C6H5F.2C2H6.CH3O.CH4.B/c1-8-7-5-3-2-4-6-7;7-6-4-2-1-3-5-6;3*1-2;;/h2-6H,1H3;1-5H;2*1-2H3;1H3;1H4;/q;;;;-1;;. The highest BCUT2D eigenvalue weighted by Gasteiger charge is 1.80. The van der Waals surface area contributed by atoms with E-state index < -0.39 is 0 Å². The summed E-state index contributed by atoms with van der Waals surface area (Å²) in [6.45, 7) is 8.00. The number of benzene rings is 2. The van der Waals surface area contributed by atoms with Gasteiger partial charge in [-0.1, -0.05) is 71.5 Å². The number of hydrogen-bond donors (Lipinski definition) is 0. The van der Waals surface area contributed by atoms with Crippen molar-refractivity contribution in [1.29, 1.82) is 0 Å². The van der Waals surface area contributed by atoms with Crippen molar-refractivity contribution in [2.75, 3.05) is 14.2 Å². The lowest BCUT2D eigenvalue weighted by molar-refractivity contribution is -0.325.